The zero-order chi connectivity index (χ0) is 16.3. The summed E-state index contributed by atoms with van der Waals surface area (Å²) in [5.74, 6) is -3.41. The molecule has 1 N–H and O–H groups in total. The van der Waals surface area contributed by atoms with Crippen LogP contribution in [0.3, 0.4) is 0 Å². The Morgan fingerprint density at radius 3 is 2.77 bits per heavy atom. The van der Waals surface area contributed by atoms with Crippen molar-refractivity contribution in [2.24, 2.45) is 11.0 Å². The molecule has 2 rings (SSSR count). The van der Waals surface area contributed by atoms with Crippen molar-refractivity contribution >= 4 is 17.4 Å². The molecule has 0 saturated heterocycles. The van der Waals surface area contributed by atoms with Crippen LogP contribution in [-0.4, -0.2) is 24.0 Å². The lowest BCUT2D eigenvalue weighted by Gasteiger charge is -2.20. The average molecular weight is 310 g/mol. The van der Waals surface area contributed by atoms with Gasteiger partial charge >= 0.3 is 0 Å². The zero-order valence-electron chi connectivity index (χ0n) is 12.3. The minimum atomic E-state index is -1.17. The van der Waals surface area contributed by atoms with E-state index in [2.05, 4.69) is 10.5 Å². The number of ketones is 1. The number of hydrazone groups is 1. The monoisotopic (exact) mass is 310 g/mol. The second-order valence-corrected chi connectivity index (χ2v) is 5.06. The molecule has 22 heavy (non-hydrogen) atoms. The van der Waals surface area contributed by atoms with Crippen LogP contribution in [0.1, 0.15) is 32.3 Å². The van der Waals surface area contributed by atoms with E-state index in [1.807, 2.05) is 0 Å². The van der Waals surface area contributed by atoms with Gasteiger partial charge in [0.05, 0.1) is 5.71 Å². The van der Waals surface area contributed by atoms with E-state index in [-0.39, 0.29) is 54.1 Å². The molecule has 5 nitrogen and oxygen atoms in total. The molecule has 1 amide bonds. The number of halogens is 2. The summed E-state index contributed by atoms with van der Waals surface area (Å²) in [7, 11) is 0. The lowest BCUT2D eigenvalue weighted by molar-refractivity contribution is -0.122. The quantitative estimate of drug-likeness (QED) is 0.906. The van der Waals surface area contributed by atoms with Crippen LogP contribution in [0, 0.1) is 17.6 Å². The number of benzene rings is 1. The van der Waals surface area contributed by atoms with Gasteiger partial charge in [0.2, 0.25) is 11.7 Å². The molecular weight excluding hydrogens is 294 g/mol. The van der Waals surface area contributed by atoms with Crippen molar-refractivity contribution in [1.29, 1.82) is 0 Å². The first-order valence-corrected chi connectivity index (χ1v) is 6.93. The number of Topliss-reactive ketones (excluding diaryl/α,β-unsaturated/α-hetero) is 1. The van der Waals surface area contributed by atoms with Gasteiger partial charge in [0.1, 0.15) is 6.61 Å². The Hall–Kier alpha value is -2.31. The molecule has 0 fully saturated rings. The number of nitrogens with zero attached hydrogens (tertiary/aromatic N) is 1. The van der Waals surface area contributed by atoms with Crippen LogP contribution in [0.25, 0.3) is 0 Å². The van der Waals surface area contributed by atoms with Crippen molar-refractivity contribution in [2.45, 2.75) is 26.7 Å². The fourth-order valence-corrected chi connectivity index (χ4v) is 2.08. The molecule has 0 bridgehead atoms. The SMILES string of the molecule is CCC(=O)COc1ccc(C2=NNC(=O)CC2C)c(F)c1F. The molecule has 1 aliphatic rings. The van der Waals surface area contributed by atoms with Crippen molar-refractivity contribution < 1.29 is 23.1 Å². The number of hydrogen-bond acceptors (Lipinski definition) is 4. The van der Waals surface area contributed by atoms with Gasteiger partial charge < -0.3 is 4.74 Å². The average Bonchev–Trinajstić information content (AvgIpc) is 2.49. The van der Waals surface area contributed by atoms with Crippen LogP contribution in [0.4, 0.5) is 8.78 Å². The third kappa shape index (κ3) is 3.29. The van der Waals surface area contributed by atoms with E-state index in [0.717, 1.165) is 0 Å². The molecule has 0 aliphatic carbocycles. The van der Waals surface area contributed by atoms with Gasteiger partial charge in [-0.05, 0) is 12.1 Å². The largest absolute Gasteiger partial charge is 0.483 e. The summed E-state index contributed by atoms with van der Waals surface area (Å²) >= 11 is 0. The van der Waals surface area contributed by atoms with Gasteiger partial charge in [-0.2, -0.15) is 9.49 Å². The Bertz CT molecular complexity index is 644. The molecule has 7 heteroatoms. The highest BCUT2D eigenvalue weighted by Gasteiger charge is 2.26. The third-order valence-corrected chi connectivity index (χ3v) is 3.37. The van der Waals surface area contributed by atoms with E-state index in [1.165, 1.54) is 12.1 Å². The first-order chi connectivity index (χ1) is 10.4. The highest BCUT2D eigenvalue weighted by molar-refractivity contribution is 6.06. The van der Waals surface area contributed by atoms with Gasteiger partial charge in [0.25, 0.3) is 0 Å². The Kier molecular flexibility index (Phi) is 4.85. The zero-order valence-corrected chi connectivity index (χ0v) is 12.3. The predicted molar refractivity (Wildman–Crippen MR) is 75.6 cm³/mol. The number of ether oxygens (including phenoxy) is 1. The van der Waals surface area contributed by atoms with Crippen LogP contribution < -0.4 is 10.2 Å². The molecule has 1 atom stereocenters. The van der Waals surface area contributed by atoms with Crippen molar-refractivity contribution in [2.75, 3.05) is 6.61 Å². The van der Waals surface area contributed by atoms with Gasteiger partial charge in [0, 0.05) is 24.3 Å². The Balaban J connectivity index is 2.27. The fourth-order valence-electron chi connectivity index (χ4n) is 2.08. The molecule has 1 heterocycles. The number of nitrogens with one attached hydrogen (secondary N) is 1. The van der Waals surface area contributed by atoms with Crippen LogP contribution in [-0.2, 0) is 9.59 Å². The van der Waals surface area contributed by atoms with Crippen molar-refractivity contribution in [3.8, 4) is 5.75 Å². The minimum Gasteiger partial charge on any atom is -0.483 e. The van der Waals surface area contributed by atoms with Crippen molar-refractivity contribution in [3.63, 3.8) is 0 Å². The summed E-state index contributed by atoms with van der Waals surface area (Å²) in [6.07, 6.45) is 0.416. The maximum Gasteiger partial charge on any atom is 0.240 e. The molecule has 1 aromatic carbocycles. The summed E-state index contributed by atoms with van der Waals surface area (Å²) in [4.78, 5) is 22.4. The summed E-state index contributed by atoms with van der Waals surface area (Å²) in [5, 5.41) is 3.80. The van der Waals surface area contributed by atoms with Gasteiger partial charge in [-0.1, -0.05) is 13.8 Å². The Morgan fingerprint density at radius 2 is 2.14 bits per heavy atom. The number of carbonyl (C=O) groups is 2. The van der Waals surface area contributed by atoms with E-state index >= 15 is 0 Å². The van der Waals surface area contributed by atoms with Crippen LogP contribution in [0.15, 0.2) is 17.2 Å². The van der Waals surface area contributed by atoms with E-state index in [9.17, 15) is 18.4 Å². The van der Waals surface area contributed by atoms with Crippen LogP contribution in [0.2, 0.25) is 0 Å². The first-order valence-electron chi connectivity index (χ1n) is 6.93. The van der Waals surface area contributed by atoms with Gasteiger partial charge in [0.15, 0.2) is 17.3 Å². The lowest BCUT2D eigenvalue weighted by atomic mass is 9.93. The normalized spacial score (nSPS) is 17.7. The Labute approximate surface area is 126 Å². The van der Waals surface area contributed by atoms with Crippen LogP contribution in [0.5, 0.6) is 5.75 Å². The molecule has 0 aromatic heterocycles. The topological polar surface area (TPSA) is 67.8 Å². The number of rotatable bonds is 5. The van der Waals surface area contributed by atoms with Crippen molar-refractivity contribution in [3.05, 3.63) is 29.3 Å². The van der Waals surface area contributed by atoms with E-state index in [1.54, 1.807) is 13.8 Å². The smallest absolute Gasteiger partial charge is 0.240 e. The summed E-state index contributed by atoms with van der Waals surface area (Å²) in [5.41, 5.74) is 2.50. The van der Waals surface area contributed by atoms with E-state index in [4.69, 9.17) is 4.74 Å². The second-order valence-electron chi connectivity index (χ2n) is 5.06. The van der Waals surface area contributed by atoms with Crippen LogP contribution >= 0.6 is 0 Å². The maximum absolute atomic E-state index is 14.2. The number of amides is 1. The van der Waals surface area contributed by atoms with Gasteiger partial charge in [-0.15, -0.1) is 0 Å². The maximum atomic E-state index is 14.2. The molecule has 0 spiro atoms. The molecule has 1 aromatic rings. The number of carbonyl (C=O) groups excluding carboxylic acids is 2. The Morgan fingerprint density at radius 1 is 1.41 bits per heavy atom. The molecule has 1 aliphatic heterocycles. The molecular formula is C15H16F2N2O3. The highest BCUT2D eigenvalue weighted by atomic mass is 19.2. The summed E-state index contributed by atoms with van der Waals surface area (Å²) in [6, 6.07) is 2.58. The fraction of sp³-hybridized carbons (Fsp3) is 0.400. The van der Waals surface area contributed by atoms with E-state index < -0.39 is 11.6 Å². The minimum absolute atomic E-state index is 0.0285. The van der Waals surface area contributed by atoms with Gasteiger partial charge in [-0.3, -0.25) is 9.59 Å². The number of hydrogen-bond donors (Lipinski definition) is 1. The summed E-state index contributed by atoms with van der Waals surface area (Å²) in [6.45, 7) is 3.06. The summed E-state index contributed by atoms with van der Waals surface area (Å²) < 4.78 is 33.2. The molecule has 0 radical (unpaired) electrons. The standard InChI is InChI=1S/C15H16F2N2O3/c1-3-9(20)7-22-11-5-4-10(13(16)14(11)17)15-8(2)6-12(21)18-19-15/h4-5,8H,3,6-7H2,1-2H3,(H,18,21). The lowest BCUT2D eigenvalue weighted by Crippen LogP contribution is -2.32. The molecule has 1 unspecified atom stereocenters. The van der Waals surface area contributed by atoms with E-state index in [0.29, 0.717) is 0 Å². The first kappa shape index (κ1) is 16.1. The van der Waals surface area contributed by atoms with Crippen molar-refractivity contribution in [1.82, 2.24) is 5.43 Å². The highest BCUT2D eigenvalue weighted by Crippen LogP contribution is 2.26. The predicted octanol–water partition coefficient (Wildman–Crippen LogP) is 2.18. The molecule has 0 saturated carbocycles. The molecule has 118 valence electrons. The second kappa shape index (κ2) is 6.64. The third-order valence-electron chi connectivity index (χ3n) is 3.37. The van der Waals surface area contributed by atoms with Gasteiger partial charge in [-0.25, -0.2) is 9.82 Å².